The molecule has 1 aliphatic carbocycles. The molecule has 1 fully saturated rings. The lowest BCUT2D eigenvalue weighted by molar-refractivity contribution is 0.0946. The molecule has 0 bridgehead atoms. The van der Waals surface area contributed by atoms with Crippen LogP contribution >= 0.6 is 11.3 Å². The monoisotopic (exact) mass is 303 g/mol. The summed E-state index contributed by atoms with van der Waals surface area (Å²) < 4.78 is 5.10. The van der Waals surface area contributed by atoms with Crippen molar-refractivity contribution in [3.8, 4) is 5.75 Å². The van der Waals surface area contributed by atoms with Gasteiger partial charge in [-0.25, -0.2) is 4.98 Å². The van der Waals surface area contributed by atoms with Crippen molar-refractivity contribution in [3.05, 3.63) is 40.9 Å². The second kappa shape index (κ2) is 6.13. The van der Waals surface area contributed by atoms with E-state index >= 15 is 0 Å². The number of rotatable bonds is 6. The largest absolute Gasteiger partial charge is 0.497 e. The highest BCUT2D eigenvalue weighted by Gasteiger charge is 2.22. The zero-order valence-corrected chi connectivity index (χ0v) is 12.6. The van der Waals surface area contributed by atoms with Crippen molar-refractivity contribution >= 4 is 22.4 Å². The number of ether oxygens (including phenoxy) is 1. The van der Waals surface area contributed by atoms with Crippen LogP contribution in [0.1, 0.15) is 28.9 Å². The summed E-state index contributed by atoms with van der Waals surface area (Å²) in [6.45, 7) is 0.478. The van der Waals surface area contributed by atoms with Crippen LogP contribution in [0.2, 0.25) is 0 Å². The second-order valence-electron chi connectivity index (χ2n) is 4.99. The maximum Gasteiger partial charge on any atom is 0.271 e. The van der Waals surface area contributed by atoms with E-state index in [1.165, 1.54) is 24.2 Å². The molecule has 0 aliphatic heterocycles. The first-order valence-corrected chi connectivity index (χ1v) is 7.76. The summed E-state index contributed by atoms with van der Waals surface area (Å²) in [5, 5.41) is 8.77. The number of carbonyl (C=O) groups is 1. The number of anilines is 1. The van der Waals surface area contributed by atoms with E-state index in [0.29, 0.717) is 18.3 Å². The van der Waals surface area contributed by atoms with Gasteiger partial charge in [-0.3, -0.25) is 4.79 Å². The van der Waals surface area contributed by atoms with Crippen LogP contribution in [0.25, 0.3) is 0 Å². The first-order chi connectivity index (χ1) is 10.2. The van der Waals surface area contributed by atoms with Crippen LogP contribution < -0.4 is 15.4 Å². The molecule has 0 unspecified atom stereocenters. The zero-order chi connectivity index (χ0) is 14.7. The van der Waals surface area contributed by atoms with E-state index in [1.54, 1.807) is 12.5 Å². The number of hydrogen-bond donors (Lipinski definition) is 2. The number of benzene rings is 1. The minimum Gasteiger partial charge on any atom is -0.497 e. The normalized spacial score (nSPS) is 13.8. The number of carbonyl (C=O) groups excluding carboxylic acids is 1. The van der Waals surface area contributed by atoms with Crippen molar-refractivity contribution in [3.63, 3.8) is 0 Å². The van der Waals surface area contributed by atoms with Gasteiger partial charge in [-0.05, 0) is 30.5 Å². The van der Waals surface area contributed by atoms with Crippen LogP contribution in [0.5, 0.6) is 5.75 Å². The summed E-state index contributed by atoms with van der Waals surface area (Å²) in [6.07, 6.45) is 2.39. The SMILES string of the molecule is COc1ccc(CNC(=O)c2csc(NC3CC3)n2)cc1. The topological polar surface area (TPSA) is 63.2 Å². The van der Waals surface area contributed by atoms with Crippen molar-refractivity contribution < 1.29 is 9.53 Å². The molecule has 21 heavy (non-hydrogen) atoms. The molecule has 0 atom stereocenters. The molecule has 3 rings (SSSR count). The molecular formula is C15H17N3O2S. The van der Waals surface area contributed by atoms with Crippen molar-refractivity contribution in [2.75, 3.05) is 12.4 Å². The Morgan fingerprint density at radius 2 is 2.14 bits per heavy atom. The summed E-state index contributed by atoms with van der Waals surface area (Å²) >= 11 is 1.47. The predicted octanol–water partition coefficient (Wildman–Crippen LogP) is 2.66. The van der Waals surface area contributed by atoms with Crippen molar-refractivity contribution in [1.82, 2.24) is 10.3 Å². The van der Waals surface area contributed by atoms with E-state index in [1.807, 2.05) is 24.3 Å². The average Bonchev–Trinajstić information content (AvgIpc) is 3.20. The van der Waals surface area contributed by atoms with Gasteiger partial charge in [0.15, 0.2) is 5.13 Å². The summed E-state index contributed by atoms with van der Waals surface area (Å²) in [7, 11) is 1.63. The maximum atomic E-state index is 12.0. The van der Waals surface area contributed by atoms with Crippen molar-refractivity contribution in [1.29, 1.82) is 0 Å². The van der Waals surface area contributed by atoms with Crippen LogP contribution in [-0.4, -0.2) is 24.0 Å². The summed E-state index contributed by atoms with van der Waals surface area (Å²) in [6, 6.07) is 8.16. The molecule has 110 valence electrons. The lowest BCUT2D eigenvalue weighted by atomic mass is 10.2. The first kappa shape index (κ1) is 13.9. The van der Waals surface area contributed by atoms with E-state index in [0.717, 1.165) is 16.4 Å². The van der Waals surface area contributed by atoms with Crippen molar-refractivity contribution in [2.24, 2.45) is 0 Å². The summed E-state index contributed by atoms with van der Waals surface area (Å²) in [5.41, 5.74) is 1.49. The van der Waals surface area contributed by atoms with E-state index in [4.69, 9.17) is 4.74 Å². The van der Waals surface area contributed by atoms with Gasteiger partial charge in [0.2, 0.25) is 0 Å². The molecule has 2 N–H and O–H groups in total. The Bertz CT molecular complexity index is 620. The number of hydrogen-bond acceptors (Lipinski definition) is 5. The van der Waals surface area contributed by atoms with Crippen molar-refractivity contribution in [2.45, 2.75) is 25.4 Å². The highest BCUT2D eigenvalue weighted by atomic mass is 32.1. The van der Waals surface area contributed by atoms with E-state index < -0.39 is 0 Å². The Balaban J connectivity index is 1.53. The van der Waals surface area contributed by atoms with Gasteiger partial charge in [0.1, 0.15) is 11.4 Å². The molecule has 1 aromatic carbocycles. The molecule has 1 saturated carbocycles. The molecule has 5 nitrogen and oxygen atoms in total. The molecule has 6 heteroatoms. The van der Waals surface area contributed by atoms with Crippen LogP contribution in [0, 0.1) is 0 Å². The third-order valence-corrected chi connectivity index (χ3v) is 4.03. The molecular weight excluding hydrogens is 286 g/mol. The number of amides is 1. The van der Waals surface area contributed by atoms with Crippen LogP contribution in [0.4, 0.5) is 5.13 Å². The number of thiazole rings is 1. The average molecular weight is 303 g/mol. The molecule has 2 aromatic rings. The third kappa shape index (κ3) is 3.72. The lowest BCUT2D eigenvalue weighted by Crippen LogP contribution is -2.23. The van der Waals surface area contributed by atoms with Gasteiger partial charge in [-0.1, -0.05) is 12.1 Å². The Morgan fingerprint density at radius 1 is 1.38 bits per heavy atom. The quantitative estimate of drug-likeness (QED) is 0.861. The Labute approximate surface area is 127 Å². The van der Waals surface area contributed by atoms with E-state index in [-0.39, 0.29) is 5.91 Å². The highest BCUT2D eigenvalue weighted by Crippen LogP contribution is 2.26. The Kier molecular flexibility index (Phi) is 4.06. The maximum absolute atomic E-state index is 12.0. The fraction of sp³-hybridized carbons (Fsp3) is 0.333. The number of nitrogens with zero attached hydrogens (tertiary/aromatic N) is 1. The number of nitrogens with one attached hydrogen (secondary N) is 2. The van der Waals surface area contributed by atoms with E-state index in [9.17, 15) is 4.79 Å². The standard InChI is InChI=1S/C15H17N3O2S/c1-20-12-6-2-10(3-7-12)8-16-14(19)13-9-21-15(18-13)17-11-4-5-11/h2-3,6-7,9,11H,4-5,8H2,1H3,(H,16,19)(H,17,18). The van der Waals surface area contributed by atoms with Crippen LogP contribution in [-0.2, 0) is 6.54 Å². The lowest BCUT2D eigenvalue weighted by Gasteiger charge is -2.05. The number of aromatic nitrogens is 1. The smallest absolute Gasteiger partial charge is 0.271 e. The molecule has 0 spiro atoms. The van der Waals surface area contributed by atoms with Crippen LogP contribution in [0.15, 0.2) is 29.6 Å². The van der Waals surface area contributed by atoms with Gasteiger partial charge in [0, 0.05) is 18.0 Å². The van der Waals surface area contributed by atoms with E-state index in [2.05, 4.69) is 15.6 Å². The summed E-state index contributed by atoms with van der Waals surface area (Å²) in [5.74, 6) is 0.659. The first-order valence-electron chi connectivity index (χ1n) is 6.88. The zero-order valence-electron chi connectivity index (χ0n) is 11.8. The number of methoxy groups -OCH3 is 1. The van der Waals surface area contributed by atoms with Gasteiger partial charge in [0.05, 0.1) is 7.11 Å². The fourth-order valence-electron chi connectivity index (χ4n) is 1.86. The van der Waals surface area contributed by atoms with Crippen LogP contribution in [0.3, 0.4) is 0 Å². The predicted molar refractivity (Wildman–Crippen MR) is 82.9 cm³/mol. The molecule has 1 aliphatic rings. The minimum atomic E-state index is -0.147. The minimum absolute atomic E-state index is 0.147. The molecule has 1 heterocycles. The van der Waals surface area contributed by atoms with Gasteiger partial charge in [-0.15, -0.1) is 11.3 Å². The highest BCUT2D eigenvalue weighted by molar-refractivity contribution is 7.13. The second-order valence-corrected chi connectivity index (χ2v) is 5.85. The molecule has 1 amide bonds. The molecule has 1 aromatic heterocycles. The fourth-order valence-corrected chi connectivity index (χ4v) is 2.63. The Morgan fingerprint density at radius 3 is 2.81 bits per heavy atom. The van der Waals surface area contributed by atoms with Gasteiger partial charge in [0.25, 0.3) is 5.91 Å². The summed E-state index contributed by atoms with van der Waals surface area (Å²) in [4.78, 5) is 16.3. The Hall–Kier alpha value is -2.08. The molecule has 0 radical (unpaired) electrons. The molecule has 0 saturated heterocycles. The van der Waals surface area contributed by atoms with Gasteiger partial charge < -0.3 is 15.4 Å². The van der Waals surface area contributed by atoms with Gasteiger partial charge >= 0.3 is 0 Å². The third-order valence-electron chi connectivity index (χ3n) is 3.25. The van der Waals surface area contributed by atoms with Gasteiger partial charge in [-0.2, -0.15) is 0 Å².